The predicted molar refractivity (Wildman–Crippen MR) is 61.2 cm³/mol. The molecule has 0 bridgehead atoms. The van der Waals surface area contributed by atoms with Gasteiger partial charge in [0.25, 0.3) is 0 Å². The van der Waals surface area contributed by atoms with Crippen molar-refractivity contribution in [1.29, 1.82) is 0 Å². The molecule has 1 N–H and O–H groups in total. The van der Waals surface area contributed by atoms with E-state index in [2.05, 4.69) is 10.3 Å². The Kier molecular flexibility index (Phi) is 3.43. The summed E-state index contributed by atoms with van der Waals surface area (Å²) in [5.41, 5.74) is 0. The highest BCUT2D eigenvalue weighted by Gasteiger charge is 2.15. The van der Waals surface area contributed by atoms with Crippen molar-refractivity contribution in [2.75, 3.05) is 19.0 Å². The molecule has 1 fully saturated rings. The van der Waals surface area contributed by atoms with Crippen molar-refractivity contribution >= 4 is 5.82 Å². The lowest BCUT2D eigenvalue weighted by Crippen LogP contribution is -2.09. The van der Waals surface area contributed by atoms with Crippen LogP contribution in [-0.4, -0.2) is 18.6 Å². The summed E-state index contributed by atoms with van der Waals surface area (Å²) in [7, 11) is 1.86. The number of aromatic nitrogens is 1. The average Bonchev–Trinajstić information content (AvgIpc) is 2.79. The first kappa shape index (κ1) is 10.3. The van der Waals surface area contributed by atoms with Crippen molar-refractivity contribution in [2.45, 2.75) is 25.7 Å². The topological polar surface area (TPSA) is 34.1 Å². The van der Waals surface area contributed by atoms with Gasteiger partial charge in [-0.3, -0.25) is 0 Å². The van der Waals surface area contributed by atoms with Crippen LogP contribution in [0.3, 0.4) is 0 Å². The average molecular weight is 206 g/mol. The van der Waals surface area contributed by atoms with Gasteiger partial charge < -0.3 is 10.1 Å². The second-order valence-corrected chi connectivity index (χ2v) is 4.07. The fourth-order valence-electron chi connectivity index (χ4n) is 2.01. The molecule has 0 unspecified atom stereocenters. The summed E-state index contributed by atoms with van der Waals surface area (Å²) in [6.45, 7) is 0.820. The van der Waals surface area contributed by atoms with Crippen molar-refractivity contribution in [2.24, 2.45) is 5.92 Å². The molecule has 0 spiro atoms. The fraction of sp³-hybridized carbons (Fsp3) is 0.583. The first-order valence-corrected chi connectivity index (χ1v) is 5.66. The summed E-state index contributed by atoms with van der Waals surface area (Å²) in [5, 5.41) is 3.00. The van der Waals surface area contributed by atoms with Gasteiger partial charge in [0.15, 0.2) is 0 Å². The minimum absolute atomic E-state index is 0.730. The van der Waals surface area contributed by atoms with Gasteiger partial charge in [-0.2, -0.15) is 4.98 Å². The zero-order chi connectivity index (χ0) is 10.5. The first-order chi connectivity index (χ1) is 7.38. The van der Waals surface area contributed by atoms with Gasteiger partial charge in [-0.05, 0) is 24.8 Å². The first-order valence-electron chi connectivity index (χ1n) is 5.66. The smallest absolute Gasteiger partial charge is 0.215 e. The van der Waals surface area contributed by atoms with Gasteiger partial charge in [-0.1, -0.05) is 18.9 Å². The molecule has 2 rings (SSSR count). The SMILES string of the molecule is CNc1cccc(OCC2CCCC2)n1. The third kappa shape index (κ3) is 2.85. The zero-order valence-electron chi connectivity index (χ0n) is 9.20. The number of anilines is 1. The molecule has 0 aromatic carbocycles. The Morgan fingerprint density at radius 3 is 2.93 bits per heavy atom. The van der Waals surface area contributed by atoms with Gasteiger partial charge in [-0.15, -0.1) is 0 Å². The normalized spacial score (nSPS) is 16.6. The summed E-state index contributed by atoms with van der Waals surface area (Å²) in [5.74, 6) is 2.33. The van der Waals surface area contributed by atoms with Crippen LogP contribution < -0.4 is 10.1 Å². The minimum atomic E-state index is 0.730. The second kappa shape index (κ2) is 5.01. The lowest BCUT2D eigenvalue weighted by atomic mass is 10.1. The largest absolute Gasteiger partial charge is 0.477 e. The lowest BCUT2D eigenvalue weighted by Gasteiger charge is -2.10. The van der Waals surface area contributed by atoms with Gasteiger partial charge in [0.1, 0.15) is 5.82 Å². The highest BCUT2D eigenvalue weighted by Crippen LogP contribution is 2.25. The zero-order valence-corrected chi connectivity index (χ0v) is 9.20. The molecule has 1 heterocycles. The van der Waals surface area contributed by atoms with Crippen LogP contribution in [0.5, 0.6) is 5.88 Å². The van der Waals surface area contributed by atoms with Gasteiger partial charge in [-0.25, -0.2) is 0 Å². The van der Waals surface area contributed by atoms with Crippen LogP contribution in [0.15, 0.2) is 18.2 Å². The molecule has 0 atom stereocenters. The Morgan fingerprint density at radius 1 is 1.40 bits per heavy atom. The highest BCUT2D eigenvalue weighted by molar-refractivity contribution is 5.35. The molecule has 0 saturated heterocycles. The van der Waals surface area contributed by atoms with Crippen LogP contribution in [0.4, 0.5) is 5.82 Å². The molecule has 1 aromatic rings. The van der Waals surface area contributed by atoms with Gasteiger partial charge in [0.05, 0.1) is 6.61 Å². The molecular weight excluding hydrogens is 188 g/mol. The Bertz CT molecular complexity index is 308. The number of pyridine rings is 1. The number of hydrogen-bond donors (Lipinski definition) is 1. The van der Waals surface area contributed by atoms with E-state index in [1.807, 2.05) is 25.2 Å². The molecule has 3 nitrogen and oxygen atoms in total. The van der Waals surface area contributed by atoms with E-state index < -0.39 is 0 Å². The van der Waals surface area contributed by atoms with Crippen LogP contribution in [0.2, 0.25) is 0 Å². The van der Waals surface area contributed by atoms with Crippen molar-refractivity contribution in [3.63, 3.8) is 0 Å². The molecule has 1 aromatic heterocycles. The maximum atomic E-state index is 5.68. The van der Waals surface area contributed by atoms with Gasteiger partial charge in [0.2, 0.25) is 5.88 Å². The molecule has 15 heavy (non-hydrogen) atoms. The van der Waals surface area contributed by atoms with Crippen LogP contribution in [-0.2, 0) is 0 Å². The Balaban J connectivity index is 1.86. The molecule has 1 aliphatic carbocycles. The monoisotopic (exact) mass is 206 g/mol. The Hall–Kier alpha value is -1.25. The van der Waals surface area contributed by atoms with Crippen molar-refractivity contribution in [3.05, 3.63) is 18.2 Å². The summed E-state index contributed by atoms with van der Waals surface area (Å²) in [6, 6.07) is 5.81. The molecular formula is C12H18N2O. The van der Waals surface area contributed by atoms with Crippen molar-refractivity contribution in [1.82, 2.24) is 4.98 Å². The number of nitrogens with one attached hydrogen (secondary N) is 1. The van der Waals surface area contributed by atoms with Crippen molar-refractivity contribution in [3.8, 4) is 5.88 Å². The molecule has 0 amide bonds. The number of rotatable bonds is 4. The summed E-state index contributed by atoms with van der Waals surface area (Å²) in [6.07, 6.45) is 5.34. The van der Waals surface area contributed by atoms with Crippen LogP contribution in [0, 0.1) is 5.92 Å². The minimum Gasteiger partial charge on any atom is -0.477 e. The molecule has 3 heteroatoms. The number of hydrogen-bond acceptors (Lipinski definition) is 3. The number of nitrogens with zero attached hydrogens (tertiary/aromatic N) is 1. The second-order valence-electron chi connectivity index (χ2n) is 4.07. The van der Waals surface area contributed by atoms with E-state index in [4.69, 9.17) is 4.74 Å². The maximum Gasteiger partial charge on any atom is 0.215 e. The third-order valence-electron chi connectivity index (χ3n) is 2.92. The Morgan fingerprint density at radius 2 is 2.20 bits per heavy atom. The molecule has 0 aliphatic heterocycles. The van der Waals surface area contributed by atoms with E-state index in [0.29, 0.717) is 0 Å². The quantitative estimate of drug-likeness (QED) is 0.822. The van der Waals surface area contributed by atoms with E-state index in [1.165, 1.54) is 25.7 Å². The third-order valence-corrected chi connectivity index (χ3v) is 2.92. The summed E-state index contributed by atoms with van der Waals surface area (Å²) < 4.78 is 5.68. The van der Waals surface area contributed by atoms with Crippen LogP contribution >= 0.6 is 0 Å². The number of ether oxygens (including phenoxy) is 1. The van der Waals surface area contributed by atoms with Crippen LogP contribution in [0.1, 0.15) is 25.7 Å². The van der Waals surface area contributed by atoms with Crippen molar-refractivity contribution < 1.29 is 4.74 Å². The molecule has 0 radical (unpaired) electrons. The van der Waals surface area contributed by atoms with Crippen LogP contribution in [0.25, 0.3) is 0 Å². The summed E-state index contributed by atoms with van der Waals surface area (Å²) >= 11 is 0. The fourth-order valence-corrected chi connectivity index (χ4v) is 2.01. The van der Waals surface area contributed by atoms with E-state index >= 15 is 0 Å². The molecule has 1 aliphatic rings. The lowest BCUT2D eigenvalue weighted by molar-refractivity contribution is 0.244. The summed E-state index contributed by atoms with van der Waals surface area (Å²) in [4.78, 5) is 4.32. The maximum absolute atomic E-state index is 5.68. The van der Waals surface area contributed by atoms with E-state index in [-0.39, 0.29) is 0 Å². The standard InChI is InChI=1S/C12H18N2O/c1-13-11-7-4-8-12(14-11)15-9-10-5-2-3-6-10/h4,7-8,10H,2-3,5-6,9H2,1H3,(H,13,14). The molecule has 82 valence electrons. The van der Waals surface area contributed by atoms with E-state index in [1.54, 1.807) is 0 Å². The Labute approximate surface area is 90.9 Å². The molecule has 1 saturated carbocycles. The van der Waals surface area contributed by atoms with E-state index in [0.717, 1.165) is 24.2 Å². The predicted octanol–water partition coefficient (Wildman–Crippen LogP) is 2.69. The van der Waals surface area contributed by atoms with Gasteiger partial charge in [0, 0.05) is 13.1 Å². The van der Waals surface area contributed by atoms with Gasteiger partial charge >= 0.3 is 0 Å². The van der Waals surface area contributed by atoms with E-state index in [9.17, 15) is 0 Å². The highest BCUT2D eigenvalue weighted by atomic mass is 16.5.